The average molecular weight is 264 g/mol. The molecule has 0 saturated heterocycles. The van der Waals surface area contributed by atoms with Crippen LogP contribution in [-0.4, -0.2) is 0 Å². The molecule has 0 amide bonds. The summed E-state index contributed by atoms with van der Waals surface area (Å²) in [4.78, 5) is 0. The Morgan fingerprint density at radius 3 is 1.68 bits per heavy atom. The lowest BCUT2D eigenvalue weighted by Gasteiger charge is -2.42. The fourth-order valence-corrected chi connectivity index (χ4v) is 4.78. The number of hydrogen-bond donors (Lipinski definition) is 0. The van der Waals surface area contributed by atoms with Crippen molar-refractivity contribution >= 4 is 0 Å². The second kappa shape index (κ2) is 8.32. The van der Waals surface area contributed by atoms with Crippen LogP contribution in [0.2, 0.25) is 0 Å². The zero-order valence-electron chi connectivity index (χ0n) is 13.5. The summed E-state index contributed by atoms with van der Waals surface area (Å²) in [5, 5.41) is 0. The van der Waals surface area contributed by atoms with E-state index in [-0.39, 0.29) is 0 Å². The minimum Gasteiger partial charge on any atom is -0.0654 e. The highest BCUT2D eigenvalue weighted by Crippen LogP contribution is 2.46. The molecule has 2 rings (SSSR count). The minimum absolute atomic E-state index is 1.10. The van der Waals surface area contributed by atoms with Crippen molar-refractivity contribution in [2.75, 3.05) is 0 Å². The molecule has 112 valence electrons. The summed E-state index contributed by atoms with van der Waals surface area (Å²) in [5.74, 6) is 4.44. The summed E-state index contributed by atoms with van der Waals surface area (Å²) in [5.41, 5.74) is 0. The maximum atomic E-state index is 2.34. The van der Waals surface area contributed by atoms with Gasteiger partial charge in [0.05, 0.1) is 0 Å². The van der Waals surface area contributed by atoms with Crippen molar-refractivity contribution < 1.29 is 0 Å². The standard InChI is InChI=1S/C19H36/c1-3-5-7-9-17-11-13-18-14-16(8-6-4-2)10-12-19(18)15-17/h16-19H,3-15H2,1-2H3. The number of hydrogen-bond acceptors (Lipinski definition) is 0. The predicted molar refractivity (Wildman–Crippen MR) is 85.3 cm³/mol. The normalized spacial score (nSPS) is 35.1. The van der Waals surface area contributed by atoms with E-state index in [1.165, 1.54) is 44.9 Å². The largest absolute Gasteiger partial charge is 0.0654 e. The molecular weight excluding hydrogens is 228 g/mol. The molecule has 2 saturated carbocycles. The van der Waals surface area contributed by atoms with E-state index in [4.69, 9.17) is 0 Å². The van der Waals surface area contributed by atoms with Crippen molar-refractivity contribution in [2.24, 2.45) is 23.7 Å². The van der Waals surface area contributed by atoms with Crippen LogP contribution in [0.15, 0.2) is 0 Å². The van der Waals surface area contributed by atoms with E-state index in [1.807, 2.05) is 0 Å². The lowest BCUT2D eigenvalue weighted by Crippen LogP contribution is -2.31. The van der Waals surface area contributed by atoms with Gasteiger partial charge in [-0.2, -0.15) is 0 Å². The molecule has 4 unspecified atom stereocenters. The van der Waals surface area contributed by atoms with E-state index < -0.39 is 0 Å². The van der Waals surface area contributed by atoms with Gasteiger partial charge < -0.3 is 0 Å². The molecule has 2 fully saturated rings. The fraction of sp³-hybridized carbons (Fsp3) is 1.00. The molecule has 0 aromatic heterocycles. The minimum atomic E-state index is 1.10. The Balaban J connectivity index is 1.69. The molecule has 0 radical (unpaired) electrons. The first kappa shape index (κ1) is 15.4. The van der Waals surface area contributed by atoms with Crippen LogP contribution in [0, 0.1) is 23.7 Å². The van der Waals surface area contributed by atoms with Gasteiger partial charge in [0.1, 0.15) is 0 Å². The summed E-state index contributed by atoms with van der Waals surface area (Å²) in [6.07, 6.45) is 19.7. The number of rotatable bonds is 7. The first-order valence-electron chi connectivity index (χ1n) is 9.33. The van der Waals surface area contributed by atoms with E-state index in [9.17, 15) is 0 Å². The zero-order chi connectivity index (χ0) is 13.5. The Morgan fingerprint density at radius 2 is 1.16 bits per heavy atom. The van der Waals surface area contributed by atoms with Crippen molar-refractivity contribution in [1.82, 2.24) is 0 Å². The highest BCUT2D eigenvalue weighted by molar-refractivity contribution is 4.86. The topological polar surface area (TPSA) is 0 Å². The van der Waals surface area contributed by atoms with Gasteiger partial charge in [-0.1, -0.05) is 71.6 Å². The third-order valence-corrected chi connectivity index (χ3v) is 6.01. The first-order valence-corrected chi connectivity index (χ1v) is 9.33. The van der Waals surface area contributed by atoms with E-state index >= 15 is 0 Å². The fourth-order valence-electron chi connectivity index (χ4n) is 4.78. The Bertz CT molecular complexity index is 232. The Kier molecular flexibility index (Phi) is 6.74. The highest BCUT2D eigenvalue weighted by Gasteiger charge is 2.34. The van der Waals surface area contributed by atoms with Crippen molar-refractivity contribution in [3.63, 3.8) is 0 Å². The van der Waals surface area contributed by atoms with Gasteiger partial charge in [0.25, 0.3) is 0 Å². The Morgan fingerprint density at radius 1 is 0.632 bits per heavy atom. The third kappa shape index (κ3) is 4.80. The van der Waals surface area contributed by atoms with Crippen LogP contribution >= 0.6 is 0 Å². The van der Waals surface area contributed by atoms with Gasteiger partial charge in [0.2, 0.25) is 0 Å². The van der Waals surface area contributed by atoms with Crippen molar-refractivity contribution in [1.29, 1.82) is 0 Å². The van der Waals surface area contributed by atoms with Crippen LogP contribution in [-0.2, 0) is 0 Å². The van der Waals surface area contributed by atoms with Crippen LogP contribution in [0.5, 0.6) is 0 Å². The van der Waals surface area contributed by atoms with Crippen LogP contribution in [0.1, 0.15) is 97.3 Å². The van der Waals surface area contributed by atoms with Crippen molar-refractivity contribution in [2.45, 2.75) is 97.3 Å². The van der Waals surface area contributed by atoms with E-state index in [0.29, 0.717) is 0 Å². The van der Waals surface area contributed by atoms with Crippen LogP contribution < -0.4 is 0 Å². The lowest BCUT2D eigenvalue weighted by molar-refractivity contribution is 0.0906. The van der Waals surface area contributed by atoms with Gasteiger partial charge in [-0.15, -0.1) is 0 Å². The molecular formula is C19H36. The molecule has 0 heteroatoms. The number of unbranched alkanes of at least 4 members (excludes halogenated alkanes) is 3. The van der Waals surface area contributed by atoms with Gasteiger partial charge in [0.15, 0.2) is 0 Å². The second-order valence-electron chi connectivity index (χ2n) is 7.52. The molecule has 0 aromatic carbocycles. The molecule has 2 aliphatic carbocycles. The van der Waals surface area contributed by atoms with E-state index in [0.717, 1.165) is 23.7 Å². The van der Waals surface area contributed by atoms with Gasteiger partial charge in [-0.25, -0.2) is 0 Å². The molecule has 2 aliphatic rings. The molecule has 0 aliphatic heterocycles. The Labute approximate surface area is 121 Å². The maximum absolute atomic E-state index is 2.34. The summed E-state index contributed by atoms with van der Waals surface area (Å²) in [6, 6.07) is 0. The molecule has 0 nitrogen and oxygen atoms in total. The predicted octanol–water partition coefficient (Wildman–Crippen LogP) is 6.59. The van der Waals surface area contributed by atoms with Crippen LogP contribution in [0.25, 0.3) is 0 Å². The SMILES string of the molecule is CCCCCC1CCC2CC(CCCC)CCC2C1. The van der Waals surface area contributed by atoms with Crippen molar-refractivity contribution in [3.8, 4) is 0 Å². The van der Waals surface area contributed by atoms with E-state index in [2.05, 4.69) is 13.8 Å². The van der Waals surface area contributed by atoms with Crippen LogP contribution in [0.3, 0.4) is 0 Å². The van der Waals surface area contributed by atoms with Gasteiger partial charge in [-0.3, -0.25) is 0 Å². The monoisotopic (exact) mass is 264 g/mol. The molecule has 19 heavy (non-hydrogen) atoms. The van der Waals surface area contributed by atoms with Gasteiger partial charge >= 0.3 is 0 Å². The zero-order valence-corrected chi connectivity index (χ0v) is 13.5. The maximum Gasteiger partial charge on any atom is -0.0383 e. The van der Waals surface area contributed by atoms with Gasteiger partial charge in [-0.05, 0) is 49.4 Å². The van der Waals surface area contributed by atoms with Crippen LogP contribution in [0.4, 0.5) is 0 Å². The molecule has 0 heterocycles. The highest BCUT2D eigenvalue weighted by atomic mass is 14.4. The number of fused-ring (bicyclic) bond motifs is 1. The quantitative estimate of drug-likeness (QED) is 0.455. The Hall–Kier alpha value is 0. The van der Waals surface area contributed by atoms with E-state index in [1.54, 1.807) is 38.5 Å². The first-order chi connectivity index (χ1) is 9.33. The van der Waals surface area contributed by atoms with Crippen molar-refractivity contribution in [3.05, 3.63) is 0 Å². The summed E-state index contributed by atoms with van der Waals surface area (Å²) in [6.45, 7) is 4.67. The molecule has 0 N–H and O–H groups in total. The third-order valence-electron chi connectivity index (χ3n) is 6.01. The second-order valence-corrected chi connectivity index (χ2v) is 7.52. The molecule has 4 atom stereocenters. The summed E-state index contributed by atoms with van der Waals surface area (Å²) in [7, 11) is 0. The average Bonchev–Trinajstić information content (AvgIpc) is 2.45. The summed E-state index contributed by atoms with van der Waals surface area (Å²) >= 11 is 0. The summed E-state index contributed by atoms with van der Waals surface area (Å²) < 4.78 is 0. The smallest absolute Gasteiger partial charge is 0.0383 e. The molecule has 0 aromatic rings. The molecule has 0 bridgehead atoms. The van der Waals surface area contributed by atoms with Gasteiger partial charge in [0, 0.05) is 0 Å². The molecule has 0 spiro atoms. The lowest BCUT2D eigenvalue weighted by atomic mass is 9.63.